The summed E-state index contributed by atoms with van der Waals surface area (Å²) < 4.78 is 5.37. The van der Waals surface area contributed by atoms with Crippen molar-refractivity contribution in [2.75, 3.05) is 13.2 Å². The molecule has 0 aromatic carbocycles. The lowest BCUT2D eigenvalue weighted by Crippen LogP contribution is -2.42. The van der Waals surface area contributed by atoms with Crippen molar-refractivity contribution < 1.29 is 9.94 Å². The predicted molar refractivity (Wildman–Crippen MR) is 63.6 cm³/mol. The van der Waals surface area contributed by atoms with Crippen LogP contribution in [0.15, 0.2) is 5.16 Å². The van der Waals surface area contributed by atoms with E-state index in [4.69, 9.17) is 15.7 Å². The van der Waals surface area contributed by atoms with Gasteiger partial charge in [0.2, 0.25) is 0 Å². The molecule has 0 aromatic heterocycles. The number of ether oxygens (including phenoxy) is 1. The Kier molecular flexibility index (Phi) is 5.55. The third-order valence-electron chi connectivity index (χ3n) is 3.25. The molecule has 1 heterocycles. The van der Waals surface area contributed by atoms with Gasteiger partial charge in [-0.25, -0.2) is 0 Å². The first-order chi connectivity index (χ1) is 7.67. The van der Waals surface area contributed by atoms with Gasteiger partial charge in [0.05, 0.1) is 6.61 Å². The Morgan fingerprint density at radius 1 is 1.69 bits per heavy atom. The van der Waals surface area contributed by atoms with E-state index >= 15 is 0 Å². The summed E-state index contributed by atoms with van der Waals surface area (Å²) in [6.07, 6.45) is 2.67. The van der Waals surface area contributed by atoms with E-state index in [0.29, 0.717) is 18.4 Å². The first-order valence-corrected chi connectivity index (χ1v) is 5.97. The second-order valence-electron chi connectivity index (χ2n) is 4.48. The highest BCUT2D eigenvalue weighted by Crippen LogP contribution is 2.17. The van der Waals surface area contributed by atoms with Gasteiger partial charge in [0.25, 0.3) is 0 Å². The zero-order valence-electron chi connectivity index (χ0n) is 10.1. The largest absolute Gasteiger partial charge is 0.409 e. The quantitative estimate of drug-likeness (QED) is 0.274. The molecule has 3 unspecified atom stereocenters. The van der Waals surface area contributed by atoms with Gasteiger partial charge in [-0.05, 0) is 25.7 Å². The van der Waals surface area contributed by atoms with E-state index in [0.717, 1.165) is 26.1 Å². The maximum atomic E-state index is 8.54. The standard InChI is InChI=1S/C11H23N3O2/c1-3-10(6-11(12)14-15)13-8(2)9-4-5-16-7-9/h8-10,13,15H,3-7H2,1-2H3,(H2,12,14). The van der Waals surface area contributed by atoms with E-state index in [1.54, 1.807) is 0 Å². The monoisotopic (exact) mass is 229 g/mol. The second kappa shape index (κ2) is 6.70. The molecule has 0 spiro atoms. The van der Waals surface area contributed by atoms with E-state index in [-0.39, 0.29) is 11.9 Å². The molecule has 4 N–H and O–H groups in total. The van der Waals surface area contributed by atoms with Crippen LogP contribution in [0.2, 0.25) is 0 Å². The van der Waals surface area contributed by atoms with Crippen LogP contribution < -0.4 is 11.1 Å². The lowest BCUT2D eigenvalue weighted by atomic mass is 9.98. The van der Waals surface area contributed by atoms with Crippen LogP contribution in [0.4, 0.5) is 0 Å². The van der Waals surface area contributed by atoms with Gasteiger partial charge in [-0.3, -0.25) is 0 Å². The summed E-state index contributed by atoms with van der Waals surface area (Å²) in [5.74, 6) is 0.871. The molecule has 5 nitrogen and oxygen atoms in total. The zero-order chi connectivity index (χ0) is 12.0. The van der Waals surface area contributed by atoms with Crippen molar-refractivity contribution in [1.29, 1.82) is 0 Å². The predicted octanol–water partition coefficient (Wildman–Crippen LogP) is 0.916. The number of nitrogens with one attached hydrogen (secondary N) is 1. The Morgan fingerprint density at radius 3 is 2.94 bits per heavy atom. The number of hydrogen-bond donors (Lipinski definition) is 3. The fourth-order valence-electron chi connectivity index (χ4n) is 2.07. The first-order valence-electron chi connectivity index (χ1n) is 5.97. The van der Waals surface area contributed by atoms with Crippen LogP contribution in [-0.4, -0.2) is 36.3 Å². The van der Waals surface area contributed by atoms with E-state index in [1.165, 1.54) is 0 Å². The van der Waals surface area contributed by atoms with Gasteiger partial charge in [-0.2, -0.15) is 0 Å². The van der Waals surface area contributed by atoms with E-state index in [2.05, 4.69) is 24.3 Å². The molecule has 94 valence electrons. The third-order valence-corrected chi connectivity index (χ3v) is 3.25. The first kappa shape index (κ1) is 13.3. The second-order valence-corrected chi connectivity index (χ2v) is 4.48. The number of amidine groups is 1. The van der Waals surface area contributed by atoms with Crippen LogP contribution in [0.5, 0.6) is 0 Å². The molecule has 1 rings (SSSR count). The van der Waals surface area contributed by atoms with Gasteiger partial charge in [0.1, 0.15) is 5.84 Å². The Hall–Kier alpha value is -0.810. The molecule has 1 fully saturated rings. The molecule has 5 heteroatoms. The van der Waals surface area contributed by atoms with Gasteiger partial charge in [0.15, 0.2) is 0 Å². The van der Waals surface area contributed by atoms with Crippen molar-refractivity contribution in [1.82, 2.24) is 5.32 Å². The van der Waals surface area contributed by atoms with Gasteiger partial charge in [-0.15, -0.1) is 0 Å². The Morgan fingerprint density at radius 2 is 2.44 bits per heavy atom. The molecule has 0 saturated carbocycles. The lowest BCUT2D eigenvalue weighted by molar-refractivity contribution is 0.176. The molecule has 0 aromatic rings. The molecule has 0 aliphatic carbocycles. The number of rotatable bonds is 6. The molecule has 0 bridgehead atoms. The fourth-order valence-corrected chi connectivity index (χ4v) is 2.07. The zero-order valence-corrected chi connectivity index (χ0v) is 10.1. The van der Waals surface area contributed by atoms with Crippen LogP contribution in [0.1, 0.15) is 33.1 Å². The highest BCUT2D eigenvalue weighted by molar-refractivity contribution is 5.80. The molecule has 0 radical (unpaired) electrons. The summed E-state index contributed by atoms with van der Waals surface area (Å²) in [7, 11) is 0. The van der Waals surface area contributed by atoms with E-state index in [1.807, 2.05) is 0 Å². The van der Waals surface area contributed by atoms with Gasteiger partial charge in [0, 0.05) is 25.1 Å². The summed E-state index contributed by atoms with van der Waals surface area (Å²) >= 11 is 0. The van der Waals surface area contributed by atoms with Crippen LogP contribution in [-0.2, 0) is 4.74 Å². The minimum atomic E-state index is 0.270. The minimum absolute atomic E-state index is 0.270. The molecular formula is C11H23N3O2. The lowest BCUT2D eigenvalue weighted by Gasteiger charge is -2.25. The summed E-state index contributed by atoms with van der Waals surface area (Å²) in [6, 6.07) is 0.686. The van der Waals surface area contributed by atoms with Crippen LogP contribution >= 0.6 is 0 Å². The summed E-state index contributed by atoms with van der Waals surface area (Å²) in [5, 5.41) is 15.1. The maximum absolute atomic E-state index is 8.54. The fraction of sp³-hybridized carbons (Fsp3) is 0.909. The topological polar surface area (TPSA) is 79.9 Å². The highest BCUT2D eigenvalue weighted by atomic mass is 16.5. The van der Waals surface area contributed by atoms with Crippen LogP contribution in [0, 0.1) is 5.92 Å². The van der Waals surface area contributed by atoms with Crippen molar-refractivity contribution in [3.63, 3.8) is 0 Å². The Balaban J connectivity index is 2.36. The number of oxime groups is 1. The van der Waals surface area contributed by atoms with Crippen LogP contribution in [0.25, 0.3) is 0 Å². The van der Waals surface area contributed by atoms with Gasteiger partial charge in [-0.1, -0.05) is 12.1 Å². The van der Waals surface area contributed by atoms with Crippen molar-refractivity contribution in [2.24, 2.45) is 16.8 Å². The number of nitrogens with zero attached hydrogens (tertiary/aromatic N) is 1. The molecular weight excluding hydrogens is 206 g/mol. The van der Waals surface area contributed by atoms with Crippen molar-refractivity contribution >= 4 is 5.84 Å². The van der Waals surface area contributed by atoms with Crippen molar-refractivity contribution in [3.8, 4) is 0 Å². The number of hydrogen-bond acceptors (Lipinski definition) is 4. The average Bonchev–Trinajstić information content (AvgIpc) is 2.81. The molecule has 1 aliphatic rings. The third kappa shape index (κ3) is 3.98. The molecule has 16 heavy (non-hydrogen) atoms. The number of nitrogens with two attached hydrogens (primary N) is 1. The Labute approximate surface area is 97.0 Å². The molecule has 3 atom stereocenters. The van der Waals surface area contributed by atoms with Crippen LogP contribution in [0.3, 0.4) is 0 Å². The van der Waals surface area contributed by atoms with Crippen molar-refractivity contribution in [2.45, 2.75) is 45.2 Å². The maximum Gasteiger partial charge on any atom is 0.140 e. The summed E-state index contributed by atoms with van der Waals surface area (Å²) in [4.78, 5) is 0. The normalized spacial score (nSPS) is 25.6. The summed E-state index contributed by atoms with van der Waals surface area (Å²) in [6.45, 7) is 5.98. The highest BCUT2D eigenvalue weighted by Gasteiger charge is 2.24. The van der Waals surface area contributed by atoms with Crippen molar-refractivity contribution in [3.05, 3.63) is 0 Å². The summed E-state index contributed by atoms with van der Waals surface area (Å²) in [5.41, 5.74) is 5.51. The Bertz CT molecular complexity index is 227. The van der Waals surface area contributed by atoms with E-state index in [9.17, 15) is 0 Å². The molecule has 1 saturated heterocycles. The van der Waals surface area contributed by atoms with Gasteiger partial charge >= 0.3 is 0 Å². The smallest absolute Gasteiger partial charge is 0.140 e. The molecule has 1 aliphatic heterocycles. The molecule has 0 amide bonds. The average molecular weight is 229 g/mol. The van der Waals surface area contributed by atoms with Gasteiger partial charge < -0.3 is 21.0 Å². The SMILES string of the molecule is CCC(CC(N)=NO)NC(C)C1CCOC1. The van der Waals surface area contributed by atoms with E-state index < -0.39 is 0 Å². The minimum Gasteiger partial charge on any atom is -0.409 e.